The zero-order valence-electron chi connectivity index (χ0n) is 18.8. The quantitative estimate of drug-likeness (QED) is 0.261. The van der Waals surface area contributed by atoms with Crippen LogP contribution in [0.2, 0.25) is 0 Å². The molecule has 7 nitrogen and oxygen atoms in total. The molecule has 1 atom stereocenters. The summed E-state index contributed by atoms with van der Waals surface area (Å²) in [5, 5.41) is 11.6. The van der Waals surface area contributed by atoms with Crippen LogP contribution in [0.3, 0.4) is 0 Å². The Bertz CT molecular complexity index is 1150. The van der Waals surface area contributed by atoms with E-state index in [0.29, 0.717) is 17.7 Å². The molecule has 0 saturated heterocycles. The molecule has 1 unspecified atom stereocenters. The number of carbonyl (C=O) groups excluding carboxylic acids is 3. The molecule has 0 bridgehead atoms. The van der Waals surface area contributed by atoms with Crippen molar-refractivity contribution in [2.75, 3.05) is 7.05 Å². The molecular formula is C27H27N3O4. The molecule has 0 aliphatic heterocycles. The van der Waals surface area contributed by atoms with Gasteiger partial charge in [-0.15, -0.1) is 0 Å². The number of hydroxylamine groups is 1. The topological polar surface area (TPSA) is 98.7 Å². The Kier molecular flexibility index (Phi) is 8.71. The van der Waals surface area contributed by atoms with Gasteiger partial charge in [0.05, 0.1) is 6.42 Å². The van der Waals surface area contributed by atoms with Gasteiger partial charge in [-0.3, -0.25) is 19.6 Å². The van der Waals surface area contributed by atoms with Crippen LogP contribution in [-0.2, 0) is 27.3 Å². The number of nitrogens with one attached hydrogen (secondary N) is 2. The highest BCUT2D eigenvalue weighted by Crippen LogP contribution is 2.23. The van der Waals surface area contributed by atoms with Gasteiger partial charge in [0.15, 0.2) is 0 Å². The smallest absolute Gasteiger partial charge is 0.267 e. The van der Waals surface area contributed by atoms with E-state index in [0.717, 1.165) is 11.1 Å². The van der Waals surface area contributed by atoms with Crippen LogP contribution in [0.15, 0.2) is 91.0 Å². The van der Waals surface area contributed by atoms with Crippen molar-refractivity contribution >= 4 is 23.8 Å². The fourth-order valence-electron chi connectivity index (χ4n) is 3.51. The summed E-state index contributed by atoms with van der Waals surface area (Å²) >= 11 is 0. The van der Waals surface area contributed by atoms with Gasteiger partial charge in [-0.2, -0.15) is 0 Å². The lowest BCUT2D eigenvalue weighted by molar-refractivity contribution is -0.138. The lowest BCUT2D eigenvalue weighted by atomic mass is 10.0. The molecule has 3 N–H and O–H groups in total. The highest BCUT2D eigenvalue weighted by molar-refractivity contribution is 5.91. The molecule has 3 amide bonds. The molecule has 0 fully saturated rings. The summed E-state index contributed by atoms with van der Waals surface area (Å²) in [4.78, 5) is 39.2. The van der Waals surface area contributed by atoms with Crippen molar-refractivity contribution in [1.82, 2.24) is 15.7 Å². The zero-order chi connectivity index (χ0) is 24.3. The maximum absolute atomic E-state index is 13.3. The van der Waals surface area contributed by atoms with Gasteiger partial charge in [-0.25, -0.2) is 5.48 Å². The molecule has 3 aromatic carbocycles. The summed E-state index contributed by atoms with van der Waals surface area (Å²) in [6.07, 6.45) is 2.85. The van der Waals surface area contributed by atoms with Crippen LogP contribution in [0, 0.1) is 0 Å². The minimum absolute atomic E-state index is 0.163. The molecule has 0 aliphatic carbocycles. The third-order valence-corrected chi connectivity index (χ3v) is 5.30. The van der Waals surface area contributed by atoms with Gasteiger partial charge in [-0.1, -0.05) is 78.9 Å². The standard InChI is InChI=1S/C27H27N3O4/c1-30(25(32)18-20-9-4-2-5-10-20)26(27(33)28-19-22-11-6-3-7-12-22)23-14-8-13-21(17-23)15-16-24(31)29-34/h2-17,26,34H,18-19H2,1H3,(H,28,33)(H,29,31)/b16-15+. The maximum atomic E-state index is 13.3. The van der Waals surface area contributed by atoms with E-state index in [1.54, 1.807) is 31.3 Å². The van der Waals surface area contributed by atoms with Crippen LogP contribution < -0.4 is 10.8 Å². The summed E-state index contributed by atoms with van der Waals surface area (Å²) in [5.74, 6) is -1.19. The Balaban J connectivity index is 1.86. The molecule has 7 heteroatoms. The first kappa shape index (κ1) is 24.4. The second-order valence-corrected chi connectivity index (χ2v) is 7.75. The zero-order valence-corrected chi connectivity index (χ0v) is 18.8. The second kappa shape index (κ2) is 12.1. The fraction of sp³-hybridized carbons (Fsp3) is 0.148. The Labute approximate surface area is 198 Å². The third kappa shape index (κ3) is 6.88. The minimum atomic E-state index is -0.875. The van der Waals surface area contributed by atoms with Gasteiger partial charge in [0, 0.05) is 19.7 Å². The number of hydrogen-bond acceptors (Lipinski definition) is 4. The molecule has 0 spiro atoms. The van der Waals surface area contributed by atoms with Gasteiger partial charge in [0.1, 0.15) is 6.04 Å². The van der Waals surface area contributed by atoms with E-state index in [4.69, 9.17) is 5.21 Å². The Morgan fingerprint density at radius 1 is 0.912 bits per heavy atom. The summed E-state index contributed by atoms with van der Waals surface area (Å²) in [5.41, 5.74) is 4.58. The van der Waals surface area contributed by atoms with Crippen LogP contribution >= 0.6 is 0 Å². The van der Waals surface area contributed by atoms with Gasteiger partial charge in [0.2, 0.25) is 11.8 Å². The minimum Gasteiger partial charge on any atom is -0.350 e. The highest BCUT2D eigenvalue weighted by Gasteiger charge is 2.28. The van der Waals surface area contributed by atoms with Gasteiger partial charge in [-0.05, 0) is 34.4 Å². The number of likely N-dealkylation sites (N-methyl/N-ethyl adjacent to an activating group) is 1. The van der Waals surface area contributed by atoms with E-state index in [-0.39, 0.29) is 18.2 Å². The molecule has 3 aromatic rings. The van der Waals surface area contributed by atoms with Crippen molar-refractivity contribution in [1.29, 1.82) is 0 Å². The van der Waals surface area contributed by atoms with E-state index < -0.39 is 11.9 Å². The second-order valence-electron chi connectivity index (χ2n) is 7.75. The van der Waals surface area contributed by atoms with Crippen molar-refractivity contribution in [2.45, 2.75) is 19.0 Å². The number of nitrogens with zero attached hydrogens (tertiary/aromatic N) is 1. The van der Waals surface area contributed by atoms with Crippen LogP contribution in [0.1, 0.15) is 28.3 Å². The summed E-state index contributed by atoms with van der Waals surface area (Å²) in [6.45, 7) is 0.327. The van der Waals surface area contributed by atoms with Gasteiger partial charge in [0.25, 0.3) is 5.91 Å². The number of hydrogen-bond donors (Lipinski definition) is 3. The van der Waals surface area contributed by atoms with Crippen molar-refractivity contribution in [3.8, 4) is 0 Å². The largest absolute Gasteiger partial charge is 0.350 e. The van der Waals surface area contributed by atoms with Crippen molar-refractivity contribution in [2.24, 2.45) is 0 Å². The van der Waals surface area contributed by atoms with Crippen LogP contribution in [0.5, 0.6) is 0 Å². The molecule has 174 valence electrons. The van der Waals surface area contributed by atoms with Gasteiger partial charge < -0.3 is 10.2 Å². The summed E-state index contributed by atoms with van der Waals surface area (Å²) in [7, 11) is 1.61. The average Bonchev–Trinajstić information content (AvgIpc) is 2.87. The lowest BCUT2D eigenvalue weighted by Gasteiger charge is -2.28. The molecule has 0 heterocycles. The van der Waals surface area contributed by atoms with Gasteiger partial charge >= 0.3 is 0 Å². The lowest BCUT2D eigenvalue weighted by Crippen LogP contribution is -2.42. The van der Waals surface area contributed by atoms with Crippen molar-refractivity contribution in [3.05, 3.63) is 113 Å². The normalized spacial score (nSPS) is 11.6. The first-order valence-electron chi connectivity index (χ1n) is 10.8. The molecule has 0 radical (unpaired) electrons. The third-order valence-electron chi connectivity index (χ3n) is 5.30. The molecule has 0 aliphatic rings. The average molecular weight is 458 g/mol. The Hall–Kier alpha value is -4.23. The maximum Gasteiger partial charge on any atom is 0.267 e. The van der Waals surface area contributed by atoms with Crippen LogP contribution in [-0.4, -0.2) is 34.9 Å². The van der Waals surface area contributed by atoms with Crippen molar-refractivity contribution in [3.63, 3.8) is 0 Å². The molecule has 0 aromatic heterocycles. The number of carbonyl (C=O) groups is 3. The first-order chi connectivity index (χ1) is 16.5. The monoisotopic (exact) mass is 457 g/mol. The Morgan fingerprint density at radius 3 is 2.21 bits per heavy atom. The summed E-state index contributed by atoms with van der Waals surface area (Å²) < 4.78 is 0. The fourth-order valence-corrected chi connectivity index (χ4v) is 3.51. The van der Waals surface area contributed by atoms with E-state index in [2.05, 4.69) is 5.32 Å². The van der Waals surface area contributed by atoms with Crippen LogP contribution in [0.4, 0.5) is 0 Å². The molecular weight excluding hydrogens is 430 g/mol. The van der Waals surface area contributed by atoms with Crippen LogP contribution in [0.25, 0.3) is 6.08 Å². The predicted molar refractivity (Wildman–Crippen MR) is 129 cm³/mol. The SMILES string of the molecule is CN(C(=O)Cc1ccccc1)C(C(=O)NCc1ccccc1)c1cccc(/C=C/C(=O)NO)c1. The highest BCUT2D eigenvalue weighted by atomic mass is 16.5. The number of benzene rings is 3. The molecule has 3 rings (SSSR count). The van der Waals surface area contributed by atoms with E-state index in [1.165, 1.54) is 22.5 Å². The molecule has 0 saturated carbocycles. The van der Waals surface area contributed by atoms with E-state index >= 15 is 0 Å². The van der Waals surface area contributed by atoms with E-state index in [9.17, 15) is 14.4 Å². The number of rotatable bonds is 9. The predicted octanol–water partition coefficient (Wildman–Crippen LogP) is 3.26. The summed E-state index contributed by atoms with van der Waals surface area (Å²) in [6, 6.07) is 25.0. The molecule has 34 heavy (non-hydrogen) atoms. The van der Waals surface area contributed by atoms with E-state index in [1.807, 2.05) is 60.7 Å². The van der Waals surface area contributed by atoms with Crippen molar-refractivity contribution < 1.29 is 19.6 Å². The first-order valence-corrected chi connectivity index (χ1v) is 10.8. The number of amides is 3. The Morgan fingerprint density at radius 2 is 1.56 bits per heavy atom.